The smallest absolute Gasteiger partial charge is 0.242 e. The molecule has 12 N–H and O–H groups in total. The van der Waals surface area contributed by atoms with E-state index >= 15 is 0 Å². The average Bonchev–Trinajstić information content (AvgIpc) is 2.92. The molecule has 3 amide bonds. The van der Waals surface area contributed by atoms with Gasteiger partial charge in [0.15, 0.2) is 5.96 Å². The molecule has 1 aromatic carbocycles. The Labute approximate surface area is 237 Å². The highest BCUT2D eigenvalue weighted by molar-refractivity contribution is 5.87. The molecule has 0 heterocycles. The first-order valence-electron chi connectivity index (χ1n) is 14.1. The van der Waals surface area contributed by atoms with E-state index < -0.39 is 12.1 Å². The summed E-state index contributed by atoms with van der Waals surface area (Å²) in [5.74, 6) is -0.565. The second kappa shape index (κ2) is 21.4. The molecular weight excluding hydrogens is 514 g/mol. The van der Waals surface area contributed by atoms with Crippen LogP contribution in [0.1, 0.15) is 51.0 Å². The molecule has 0 saturated heterocycles. The van der Waals surface area contributed by atoms with Crippen LogP contribution in [0.4, 0.5) is 0 Å². The summed E-state index contributed by atoms with van der Waals surface area (Å²) in [6.07, 6.45) is 5.05. The number of benzene rings is 1. The van der Waals surface area contributed by atoms with E-state index in [0.717, 1.165) is 57.4 Å². The molecule has 0 radical (unpaired) electrons. The number of aliphatic imine (C=N–C) groups is 1. The summed E-state index contributed by atoms with van der Waals surface area (Å²) in [5.41, 5.74) is 17.0. The first kappa shape index (κ1) is 34.6. The highest BCUT2D eigenvalue weighted by atomic mass is 16.3. The first-order chi connectivity index (χ1) is 19.2. The summed E-state index contributed by atoms with van der Waals surface area (Å²) in [7, 11) is 0. The van der Waals surface area contributed by atoms with Gasteiger partial charge in [-0.2, -0.15) is 0 Å². The third-order valence-electron chi connectivity index (χ3n) is 5.93. The molecule has 226 valence electrons. The number of hydrogen-bond acceptors (Lipinski definition) is 8. The fraction of sp³-hybridized carbons (Fsp3) is 0.630. The van der Waals surface area contributed by atoms with Crippen molar-refractivity contribution in [2.45, 2.75) is 64.0 Å². The molecule has 40 heavy (non-hydrogen) atoms. The lowest BCUT2D eigenvalue weighted by molar-refractivity contribution is -0.129. The van der Waals surface area contributed by atoms with Crippen LogP contribution in [-0.4, -0.2) is 86.7 Å². The van der Waals surface area contributed by atoms with Crippen molar-refractivity contribution < 1.29 is 19.5 Å². The molecule has 0 saturated carbocycles. The van der Waals surface area contributed by atoms with Crippen LogP contribution in [0.15, 0.2) is 29.3 Å². The van der Waals surface area contributed by atoms with Gasteiger partial charge in [0.05, 0.1) is 6.54 Å². The van der Waals surface area contributed by atoms with E-state index in [-0.39, 0.29) is 36.0 Å². The van der Waals surface area contributed by atoms with Crippen LogP contribution in [-0.2, 0) is 20.8 Å². The number of unbranched alkanes of at least 4 members (excludes halogenated alkanes) is 1. The summed E-state index contributed by atoms with van der Waals surface area (Å²) < 4.78 is 0. The van der Waals surface area contributed by atoms with Crippen molar-refractivity contribution in [1.82, 2.24) is 26.6 Å². The molecule has 0 bridgehead atoms. The number of phenolic OH excluding ortho intramolecular Hbond substituents is 1. The normalized spacial score (nSPS) is 12.2. The molecule has 0 aliphatic rings. The van der Waals surface area contributed by atoms with Crippen LogP contribution < -0.4 is 43.8 Å². The number of nitrogens with zero attached hydrogens (tertiary/aromatic N) is 1. The zero-order valence-corrected chi connectivity index (χ0v) is 23.7. The number of aromatic hydroxyl groups is 1. The standard InChI is InChI=1S/C27H49N9O4/c1-2-7-24(38)36-23(18-20-8-10-21(37)11-9-20)26(40)34-17-6-15-32-13-4-3-12-31-14-5-16-33-25(39)22(28)19-35-27(29)30/h8-11,22-23,31-32,37H,2-7,12-19,28H2,1H3,(H,33,39)(H,34,40)(H,36,38)(H4,29,30,35)/t22-,23-/m0/s1. The Morgan fingerprint density at radius 1 is 0.850 bits per heavy atom. The van der Waals surface area contributed by atoms with E-state index in [4.69, 9.17) is 17.2 Å². The largest absolute Gasteiger partial charge is 0.508 e. The summed E-state index contributed by atoms with van der Waals surface area (Å²) in [5, 5.41) is 24.7. The van der Waals surface area contributed by atoms with Crippen LogP contribution in [0.2, 0.25) is 0 Å². The van der Waals surface area contributed by atoms with Gasteiger partial charge in [-0.25, -0.2) is 0 Å². The van der Waals surface area contributed by atoms with Crippen LogP contribution >= 0.6 is 0 Å². The van der Waals surface area contributed by atoms with Gasteiger partial charge in [0.2, 0.25) is 17.7 Å². The minimum atomic E-state index is -0.759. The van der Waals surface area contributed by atoms with Gasteiger partial charge in [-0.3, -0.25) is 19.4 Å². The molecule has 1 aromatic rings. The number of nitrogens with two attached hydrogens (primary N) is 3. The van der Waals surface area contributed by atoms with Gasteiger partial charge >= 0.3 is 0 Å². The fourth-order valence-electron chi connectivity index (χ4n) is 3.71. The second-order valence-corrected chi connectivity index (χ2v) is 9.61. The maximum atomic E-state index is 12.7. The average molecular weight is 564 g/mol. The Kier molecular flexibility index (Phi) is 18.5. The molecule has 0 spiro atoms. The predicted molar refractivity (Wildman–Crippen MR) is 158 cm³/mol. The molecule has 1 rings (SSSR count). The van der Waals surface area contributed by atoms with Crippen LogP contribution in [0.25, 0.3) is 0 Å². The highest BCUT2D eigenvalue weighted by Gasteiger charge is 2.20. The topological polar surface area (TPSA) is 222 Å². The molecule has 0 aromatic heterocycles. The van der Waals surface area contributed by atoms with Crippen molar-refractivity contribution in [3.63, 3.8) is 0 Å². The second-order valence-electron chi connectivity index (χ2n) is 9.61. The Balaban J connectivity index is 2.09. The number of guanidine groups is 1. The Hall–Kier alpha value is -3.42. The number of carbonyl (C=O) groups is 3. The maximum absolute atomic E-state index is 12.7. The van der Waals surface area contributed by atoms with E-state index in [1.165, 1.54) is 0 Å². The fourth-order valence-corrected chi connectivity index (χ4v) is 3.71. The number of phenols is 1. The number of nitrogens with one attached hydrogen (secondary N) is 5. The van der Waals surface area contributed by atoms with Gasteiger partial charge in [-0.15, -0.1) is 0 Å². The van der Waals surface area contributed by atoms with Crippen LogP contribution in [0.5, 0.6) is 5.75 Å². The van der Waals surface area contributed by atoms with Crippen molar-refractivity contribution in [3.8, 4) is 5.75 Å². The predicted octanol–water partition coefficient (Wildman–Crippen LogP) is -1.21. The SMILES string of the molecule is CCCC(=O)N[C@@H](Cc1ccc(O)cc1)C(=O)NCCCNCCCCNCCCNC(=O)[C@@H](N)CN=C(N)N. The minimum Gasteiger partial charge on any atom is -0.508 e. The Morgan fingerprint density at radius 2 is 1.40 bits per heavy atom. The molecule has 0 fully saturated rings. The lowest BCUT2D eigenvalue weighted by Gasteiger charge is -2.19. The van der Waals surface area contributed by atoms with E-state index in [2.05, 4.69) is 31.6 Å². The zero-order valence-electron chi connectivity index (χ0n) is 23.7. The lowest BCUT2D eigenvalue weighted by atomic mass is 10.0. The van der Waals surface area contributed by atoms with Gasteiger partial charge < -0.3 is 48.9 Å². The van der Waals surface area contributed by atoms with Crippen molar-refractivity contribution in [3.05, 3.63) is 29.8 Å². The van der Waals surface area contributed by atoms with Gasteiger partial charge in [-0.05, 0) is 76.0 Å². The first-order valence-corrected chi connectivity index (χ1v) is 14.1. The molecule has 2 atom stereocenters. The van der Waals surface area contributed by atoms with E-state index in [9.17, 15) is 19.5 Å². The summed E-state index contributed by atoms with van der Waals surface area (Å²) in [6.45, 7) is 6.38. The van der Waals surface area contributed by atoms with Gasteiger partial charge in [0.25, 0.3) is 0 Å². The maximum Gasteiger partial charge on any atom is 0.242 e. The molecule has 13 nitrogen and oxygen atoms in total. The molecule has 0 unspecified atom stereocenters. The number of carbonyl (C=O) groups excluding carboxylic acids is 3. The third kappa shape index (κ3) is 17.2. The highest BCUT2D eigenvalue weighted by Crippen LogP contribution is 2.11. The summed E-state index contributed by atoms with van der Waals surface area (Å²) >= 11 is 0. The van der Waals surface area contributed by atoms with Crippen molar-refractivity contribution in [1.29, 1.82) is 0 Å². The van der Waals surface area contributed by atoms with E-state index in [1.54, 1.807) is 24.3 Å². The number of hydrogen-bond donors (Lipinski definition) is 9. The summed E-state index contributed by atoms with van der Waals surface area (Å²) in [4.78, 5) is 40.4. The van der Waals surface area contributed by atoms with Gasteiger partial charge in [0, 0.05) is 25.9 Å². The summed E-state index contributed by atoms with van der Waals surface area (Å²) in [6, 6.07) is 5.22. The molecular formula is C27H49N9O4. The third-order valence-corrected chi connectivity index (χ3v) is 5.93. The van der Waals surface area contributed by atoms with Gasteiger partial charge in [-0.1, -0.05) is 19.1 Å². The Bertz CT molecular complexity index is 892. The van der Waals surface area contributed by atoms with Crippen molar-refractivity contribution >= 4 is 23.7 Å². The van der Waals surface area contributed by atoms with Gasteiger partial charge in [0.1, 0.15) is 17.8 Å². The monoisotopic (exact) mass is 563 g/mol. The molecule has 0 aliphatic carbocycles. The lowest BCUT2D eigenvalue weighted by Crippen LogP contribution is -2.48. The van der Waals surface area contributed by atoms with Crippen LogP contribution in [0, 0.1) is 0 Å². The van der Waals surface area contributed by atoms with Crippen molar-refractivity contribution in [2.24, 2.45) is 22.2 Å². The van der Waals surface area contributed by atoms with Crippen molar-refractivity contribution in [2.75, 3.05) is 45.8 Å². The minimum absolute atomic E-state index is 0.0659. The zero-order chi connectivity index (χ0) is 29.6. The van der Waals surface area contributed by atoms with Crippen LogP contribution in [0.3, 0.4) is 0 Å². The quantitative estimate of drug-likeness (QED) is 0.0468. The molecule has 0 aliphatic heterocycles. The number of amides is 3. The molecule has 13 heteroatoms. The number of rotatable bonds is 22. The van der Waals surface area contributed by atoms with E-state index in [1.807, 2.05) is 6.92 Å². The Morgan fingerprint density at radius 3 is 1.95 bits per heavy atom. The van der Waals surface area contributed by atoms with E-state index in [0.29, 0.717) is 32.4 Å².